The summed E-state index contributed by atoms with van der Waals surface area (Å²) >= 11 is 0. The standard InChI is InChI=1S/C15H16O5/c1-8-5-11(19-10(3)15(17)18-4)14-9(2)7-13(16)20-12(14)6-8/h5-7,10H,1-4H3. The van der Waals surface area contributed by atoms with Crippen molar-refractivity contribution >= 4 is 16.9 Å². The van der Waals surface area contributed by atoms with Gasteiger partial charge in [-0.3, -0.25) is 0 Å². The van der Waals surface area contributed by atoms with Crippen molar-refractivity contribution in [3.05, 3.63) is 39.7 Å². The smallest absolute Gasteiger partial charge is 0.346 e. The highest BCUT2D eigenvalue weighted by molar-refractivity contribution is 5.88. The minimum absolute atomic E-state index is 0.410. The molecular formula is C15H16O5. The molecule has 0 spiro atoms. The molecular weight excluding hydrogens is 260 g/mol. The van der Waals surface area contributed by atoms with E-state index in [-0.39, 0.29) is 0 Å². The van der Waals surface area contributed by atoms with Gasteiger partial charge in [-0.1, -0.05) is 0 Å². The number of hydrogen-bond donors (Lipinski definition) is 0. The van der Waals surface area contributed by atoms with Crippen LogP contribution in [0.25, 0.3) is 11.0 Å². The molecule has 0 amide bonds. The summed E-state index contributed by atoms with van der Waals surface area (Å²) in [5.74, 6) is 0.0360. The van der Waals surface area contributed by atoms with Crippen LogP contribution in [-0.2, 0) is 9.53 Å². The second-order valence-corrected chi connectivity index (χ2v) is 4.67. The fraction of sp³-hybridized carbons (Fsp3) is 0.333. The van der Waals surface area contributed by atoms with Crippen molar-refractivity contribution in [2.24, 2.45) is 0 Å². The third-order valence-corrected chi connectivity index (χ3v) is 2.99. The van der Waals surface area contributed by atoms with E-state index in [2.05, 4.69) is 4.74 Å². The Hall–Kier alpha value is -2.30. The minimum atomic E-state index is -0.740. The van der Waals surface area contributed by atoms with Gasteiger partial charge in [0, 0.05) is 6.07 Å². The van der Waals surface area contributed by atoms with Crippen LogP contribution in [-0.4, -0.2) is 19.2 Å². The number of fused-ring (bicyclic) bond motifs is 1. The number of carbonyl (C=O) groups excluding carboxylic acids is 1. The first-order valence-electron chi connectivity index (χ1n) is 6.22. The summed E-state index contributed by atoms with van der Waals surface area (Å²) in [5, 5.41) is 0.686. The van der Waals surface area contributed by atoms with Gasteiger partial charge in [0.25, 0.3) is 0 Å². The molecule has 0 N–H and O–H groups in total. The van der Waals surface area contributed by atoms with Crippen LogP contribution in [0, 0.1) is 13.8 Å². The molecule has 1 aromatic heterocycles. The lowest BCUT2D eigenvalue weighted by Gasteiger charge is -2.15. The molecule has 5 heteroatoms. The zero-order valence-electron chi connectivity index (χ0n) is 11.9. The molecule has 0 fully saturated rings. The summed E-state index contributed by atoms with van der Waals surface area (Å²) < 4.78 is 15.5. The zero-order chi connectivity index (χ0) is 14.9. The zero-order valence-corrected chi connectivity index (χ0v) is 11.9. The normalized spacial score (nSPS) is 12.2. The van der Waals surface area contributed by atoms with E-state index in [1.807, 2.05) is 6.92 Å². The van der Waals surface area contributed by atoms with Gasteiger partial charge in [-0.2, -0.15) is 0 Å². The van der Waals surface area contributed by atoms with E-state index in [9.17, 15) is 9.59 Å². The fourth-order valence-electron chi connectivity index (χ4n) is 2.07. The minimum Gasteiger partial charge on any atom is -0.478 e. The van der Waals surface area contributed by atoms with Crippen molar-refractivity contribution in [1.82, 2.24) is 0 Å². The van der Waals surface area contributed by atoms with Gasteiger partial charge in [-0.15, -0.1) is 0 Å². The molecule has 0 saturated heterocycles. The van der Waals surface area contributed by atoms with Gasteiger partial charge < -0.3 is 13.9 Å². The second kappa shape index (κ2) is 5.36. The van der Waals surface area contributed by atoms with Crippen molar-refractivity contribution in [2.45, 2.75) is 26.9 Å². The Labute approximate surface area is 116 Å². The molecule has 106 valence electrons. The van der Waals surface area contributed by atoms with Crippen LogP contribution < -0.4 is 10.4 Å². The quantitative estimate of drug-likeness (QED) is 0.636. The number of esters is 1. The molecule has 1 heterocycles. The second-order valence-electron chi connectivity index (χ2n) is 4.67. The van der Waals surface area contributed by atoms with Crippen molar-refractivity contribution in [1.29, 1.82) is 0 Å². The fourth-order valence-corrected chi connectivity index (χ4v) is 2.07. The van der Waals surface area contributed by atoms with Crippen LogP contribution in [0.2, 0.25) is 0 Å². The Bertz CT molecular complexity index is 714. The molecule has 0 aliphatic rings. The Balaban J connectivity index is 2.58. The van der Waals surface area contributed by atoms with Crippen LogP contribution in [0.1, 0.15) is 18.1 Å². The van der Waals surface area contributed by atoms with E-state index >= 15 is 0 Å². The number of rotatable bonds is 3. The Morgan fingerprint density at radius 1 is 1.25 bits per heavy atom. The van der Waals surface area contributed by atoms with Gasteiger partial charge in [-0.25, -0.2) is 9.59 Å². The lowest BCUT2D eigenvalue weighted by atomic mass is 10.1. The van der Waals surface area contributed by atoms with Gasteiger partial charge in [0.1, 0.15) is 11.3 Å². The molecule has 0 bridgehead atoms. The van der Waals surface area contributed by atoms with Crippen LogP contribution in [0.15, 0.2) is 27.4 Å². The van der Waals surface area contributed by atoms with Gasteiger partial charge in [0.2, 0.25) is 0 Å². The van der Waals surface area contributed by atoms with Gasteiger partial charge in [0.15, 0.2) is 6.10 Å². The number of methoxy groups -OCH3 is 1. The van der Waals surface area contributed by atoms with E-state index in [4.69, 9.17) is 9.15 Å². The SMILES string of the molecule is COC(=O)C(C)Oc1cc(C)cc2oc(=O)cc(C)c12. The van der Waals surface area contributed by atoms with Crippen molar-refractivity contribution < 1.29 is 18.7 Å². The third-order valence-electron chi connectivity index (χ3n) is 2.99. The Morgan fingerprint density at radius 2 is 1.95 bits per heavy atom. The monoisotopic (exact) mass is 276 g/mol. The van der Waals surface area contributed by atoms with Crippen molar-refractivity contribution in [3.63, 3.8) is 0 Å². The third kappa shape index (κ3) is 2.66. The van der Waals surface area contributed by atoms with Crippen LogP contribution in [0.3, 0.4) is 0 Å². The van der Waals surface area contributed by atoms with Gasteiger partial charge >= 0.3 is 11.6 Å². The molecule has 0 saturated carbocycles. The summed E-state index contributed by atoms with van der Waals surface area (Å²) in [7, 11) is 1.31. The number of carbonyl (C=O) groups is 1. The molecule has 1 atom stereocenters. The van der Waals surface area contributed by atoms with E-state index in [1.54, 1.807) is 26.0 Å². The topological polar surface area (TPSA) is 65.7 Å². The van der Waals surface area contributed by atoms with Gasteiger partial charge in [-0.05, 0) is 44.0 Å². The van der Waals surface area contributed by atoms with Crippen molar-refractivity contribution in [3.8, 4) is 5.75 Å². The molecule has 1 aromatic carbocycles. The molecule has 0 aliphatic carbocycles. The largest absolute Gasteiger partial charge is 0.478 e. The average molecular weight is 276 g/mol. The number of aryl methyl sites for hydroxylation is 2. The highest BCUT2D eigenvalue weighted by Crippen LogP contribution is 2.30. The highest BCUT2D eigenvalue weighted by atomic mass is 16.6. The molecule has 2 rings (SSSR count). The predicted octanol–water partition coefficient (Wildman–Crippen LogP) is 2.35. The highest BCUT2D eigenvalue weighted by Gasteiger charge is 2.18. The maximum atomic E-state index is 11.5. The number of hydrogen-bond acceptors (Lipinski definition) is 5. The molecule has 1 unspecified atom stereocenters. The van der Waals surface area contributed by atoms with Crippen LogP contribution in [0.4, 0.5) is 0 Å². The summed E-state index contributed by atoms with van der Waals surface area (Å²) in [4.78, 5) is 22.9. The van der Waals surface area contributed by atoms with E-state index in [1.165, 1.54) is 13.2 Å². The molecule has 0 radical (unpaired) electrons. The van der Waals surface area contributed by atoms with Crippen molar-refractivity contribution in [2.75, 3.05) is 7.11 Å². The number of benzene rings is 1. The van der Waals surface area contributed by atoms with Gasteiger partial charge in [0.05, 0.1) is 12.5 Å². The van der Waals surface area contributed by atoms with Crippen LogP contribution in [0.5, 0.6) is 5.75 Å². The molecule has 5 nitrogen and oxygen atoms in total. The Kier molecular flexibility index (Phi) is 3.79. The maximum Gasteiger partial charge on any atom is 0.346 e. The van der Waals surface area contributed by atoms with E-state index in [0.717, 1.165) is 11.1 Å². The van der Waals surface area contributed by atoms with E-state index in [0.29, 0.717) is 16.7 Å². The summed E-state index contributed by atoms with van der Waals surface area (Å²) in [5.41, 5.74) is 1.65. The summed E-state index contributed by atoms with van der Waals surface area (Å²) in [6, 6.07) is 4.96. The lowest BCUT2D eigenvalue weighted by molar-refractivity contribution is -0.147. The molecule has 2 aromatic rings. The van der Waals surface area contributed by atoms with E-state index < -0.39 is 17.7 Å². The number of ether oxygens (including phenoxy) is 2. The maximum absolute atomic E-state index is 11.5. The first-order valence-corrected chi connectivity index (χ1v) is 6.22. The summed E-state index contributed by atoms with van der Waals surface area (Å²) in [6.07, 6.45) is -0.740. The molecule has 20 heavy (non-hydrogen) atoms. The first-order chi connectivity index (χ1) is 9.42. The average Bonchev–Trinajstić information content (AvgIpc) is 2.35. The first kappa shape index (κ1) is 14.1. The van der Waals surface area contributed by atoms with Crippen LogP contribution >= 0.6 is 0 Å². The Morgan fingerprint density at radius 3 is 2.60 bits per heavy atom. The molecule has 0 aliphatic heterocycles. The lowest BCUT2D eigenvalue weighted by Crippen LogP contribution is -2.25. The summed E-state index contributed by atoms with van der Waals surface area (Å²) in [6.45, 7) is 5.26. The predicted molar refractivity (Wildman–Crippen MR) is 74.1 cm³/mol.